The van der Waals surface area contributed by atoms with Crippen molar-refractivity contribution in [2.75, 3.05) is 13.1 Å². The van der Waals surface area contributed by atoms with Crippen LogP contribution in [0.25, 0.3) is 0 Å². The molecular formula is C16H27NO3. The number of piperidine rings is 1. The Balaban J connectivity index is 2.08. The van der Waals surface area contributed by atoms with Crippen molar-refractivity contribution in [2.45, 2.75) is 52.9 Å². The van der Waals surface area contributed by atoms with Gasteiger partial charge in [0.05, 0.1) is 11.8 Å². The first kappa shape index (κ1) is 15.3. The summed E-state index contributed by atoms with van der Waals surface area (Å²) in [5.41, 5.74) is 0.162. The lowest BCUT2D eigenvalue weighted by Crippen LogP contribution is -2.47. The van der Waals surface area contributed by atoms with E-state index in [-0.39, 0.29) is 17.2 Å². The normalized spacial score (nSPS) is 33.1. The third-order valence-corrected chi connectivity index (χ3v) is 5.08. The number of hydrogen-bond donors (Lipinski definition) is 1. The van der Waals surface area contributed by atoms with Gasteiger partial charge in [0, 0.05) is 13.1 Å². The summed E-state index contributed by atoms with van der Waals surface area (Å²) in [6.45, 7) is 8.02. The molecule has 3 atom stereocenters. The van der Waals surface area contributed by atoms with E-state index in [9.17, 15) is 14.7 Å². The highest BCUT2D eigenvalue weighted by Crippen LogP contribution is 2.40. The number of carboxylic acid groups (broad SMARTS) is 1. The molecule has 1 amide bonds. The van der Waals surface area contributed by atoms with Crippen LogP contribution >= 0.6 is 0 Å². The molecule has 0 aromatic carbocycles. The molecule has 2 rings (SSSR count). The van der Waals surface area contributed by atoms with E-state index >= 15 is 0 Å². The van der Waals surface area contributed by atoms with Crippen LogP contribution in [-0.2, 0) is 9.59 Å². The van der Waals surface area contributed by atoms with Crippen molar-refractivity contribution in [1.82, 2.24) is 4.90 Å². The lowest BCUT2D eigenvalue weighted by molar-refractivity contribution is -0.150. The van der Waals surface area contributed by atoms with E-state index in [0.29, 0.717) is 12.3 Å². The van der Waals surface area contributed by atoms with Gasteiger partial charge in [0.2, 0.25) is 5.91 Å². The molecule has 1 aliphatic carbocycles. The number of carbonyl (C=O) groups is 2. The topological polar surface area (TPSA) is 57.6 Å². The van der Waals surface area contributed by atoms with Crippen LogP contribution in [0.5, 0.6) is 0 Å². The third-order valence-electron chi connectivity index (χ3n) is 5.08. The predicted molar refractivity (Wildman–Crippen MR) is 77.2 cm³/mol. The lowest BCUT2D eigenvalue weighted by Gasteiger charge is -2.39. The molecule has 0 radical (unpaired) electrons. The maximum absolute atomic E-state index is 12.7. The number of amides is 1. The highest BCUT2D eigenvalue weighted by atomic mass is 16.4. The molecular weight excluding hydrogens is 254 g/mol. The smallest absolute Gasteiger partial charge is 0.307 e. The van der Waals surface area contributed by atoms with Gasteiger partial charge in [-0.2, -0.15) is 0 Å². The molecule has 1 heterocycles. The SMILES string of the molecule is CCC1C[C@H](C(=O)N2CCCC(C)(C)C2)[C@H](C(=O)O)C1. The van der Waals surface area contributed by atoms with Crippen LogP contribution in [0.4, 0.5) is 0 Å². The van der Waals surface area contributed by atoms with E-state index in [0.717, 1.165) is 38.8 Å². The maximum atomic E-state index is 12.7. The number of hydrogen-bond acceptors (Lipinski definition) is 2. The van der Waals surface area contributed by atoms with Gasteiger partial charge in [0.1, 0.15) is 0 Å². The third kappa shape index (κ3) is 3.15. The first-order valence-corrected chi connectivity index (χ1v) is 7.85. The van der Waals surface area contributed by atoms with Crippen LogP contribution in [0, 0.1) is 23.2 Å². The number of rotatable bonds is 3. The summed E-state index contributed by atoms with van der Waals surface area (Å²) in [5, 5.41) is 9.38. The summed E-state index contributed by atoms with van der Waals surface area (Å²) in [7, 11) is 0. The summed E-state index contributed by atoms with van der Waals surface area (Å²) in [6, 6.07) is 0. The fraction of sp³-hybridized carbons (Fsp3) is 0.875. The first-order chi connectivity index (χ1) is 9.34. The highest BCUT2D eigenvalue weighted by Gasteiger charge is 2.44. The van der Waals surface area contributed by atoms with Crippen LogP contribution in [0.1, 0.15) is 52.9 Å². The fourth-order valence-electron chi connectivity index (χ4n) is 3.87. The molecule has 0 bridgehead atoms. The van der Waals surface area contributed by atoms with Crippen LogP contribution in [0.15, 0.2) is 0 Å². The van der Waals surface area contributed by atoms with Gasteiger partial charge in [-0.25, -0.2) is 0 Å². The largest absolute Gasteiger partial charge is 0.481 e. The predicted octanol–water partition coefficient (Wildman–Crippen LogP) is 2.77. The van der Waals surface area contributed by atoms with E-state index in [1.165, 1.54) is 0 Å². The van der Waals surface area contributed by atoms with Crippen molar-refractivity contribution in [1.29, 1.82) is 0 Å². The van der Waals surface area contributed by atoms with Gasteiger partial charge >= 0.3 is 5.97 Å². The van der Waals surface area contributed by atoms with Crippen LogP contribution in [0.2, 0.25) is 0 Å². The number of aliphatic carboxylic acids is 1. The molecule has 2 aliphatic rings. The van der Waals surface area contributed by atoms with Crippen molar-refractivity contribution in [3.8, 4) is 0 Å². The zero-order valence-corrected chi connectivity index (χ0v) is 12.9. The van der Waals surface area contributed by atoms with E-state index < -0.39 is 11.9 Å². The molecule has 0 spiro atoms. The number of nitrogens with zero attached hydrogens (tertiary/aromatic N) is 1. The Labute approximate surface area is 121 Å². The number of carbonyl (C=O) groups excluding carboxylic acids is 1. The van der Waals surface area contributed by atoms with Crippen LogP contribution in [0.3, 0.4) is 0 Å². The fourth-order valence-corrected chi connectivity index (χ4v) is 3.87. The first-order valence-electron chi connectivity index (χ1n) is 7.85. The Morgan fingerprint density at radius 2 is 1.90 bits per heavy atom. The minimum Gasteiger partial charge on any atom is -0.481 e. The molecule has 114 valence electrons. The van der Waals surface area contributed by atoms with E-state index in [1.807, 2.05) is 4.90 Å². The summed E-state index contributed by atoms with van der Waals surface area (Å²) in [4.78, 5) is 26.1. The second-order valence-electron chi connectivity index (χ2n) is 7.32. The average molecular weight is 281 g/mol. The minimum atomic E-state index is -0.796. The highest BCUT2D eigenvalue weighted by molar-refractivity contribution is 5.85. The standard InChI is InChI=1S/C16H27NO3/c1-4-11-8-12(13(9-11)15(19)20)14(18)17-7-5-6-16(2,3)10-17/h11-13H,4-10H2,1-3H3,(H,19,20)/t11?,12-,13+/m0/s1. The molecule has 20 heavy (non-hydrogen) atoms. The number of likely N-dealkylation sites (tertiary alicyclic amines) is 1. The summed E-state index contributed by atoms with van der Waals surface area (Å²) in [5.74, 6) is -1.09. The molecule has 4 nitrogen and oxygen atoms in total. The molecule has 1 saturated carbocycles. The molecule has 0 aromatic heterocycles. The van der Waals surface area contributed by atoms with E-state index in [4.69, 9.17) is 0 Å². The van der Waals surface area contributed by atoms with Gasteiger partial charge in [0.25, 0.3) is 0 Å². The minimum absolute atomic E-state index is 0.0844. The zero-order chi connectivity index (χ0) is 14.9. The molecule has 1 aliphatic heterocycles. The van der Waals surface area contributed by atoms with Gasteiger partial charge in [-0.1, -0.05) is 27.2 Å². The Hall–Kier alpha value is -1.06. The molecule has 0 aromatic rings. The van der Waals surface area contributed by atoms with Crippen molar-refractivity contribution < 1.29 is 14.7 Å². The maximum Gasteiger partial charge on any atom is 0.307 e. The average Bonchev–Trinajstić information content (AvgIpc) is 2.81. The zero-order valence-electron chi connectivity index (χ0n) is 12.9. The van der Waals surface area contributed by atoms with E-state index in [1.54, 1.807) is 0 Å². The van der Waals surface area contributed by atoms with E-state index in [2.05, 4.69) is 20.8 Å². The molecule has 2 fully saturated rings. The molecule has 4 heteroatoms. The second-order valence-corrected chi connectivity index (χ2v) is 7.32. The van der Waals surface area contributed by atoms with Gasteiger partial charge < -0.3 is 10.0 Å². The Morgan fingerprint density at radius 1 is 1.25 bits per heavy atom. The monoisotopic (exact) mass is 281 g/mol. The summed E-state index contributed by atoms with van der Waals surface area (Å²) in [6.07, 6.45) is 4.56. The Kier molecular flexibility index (Phi) is 4.40. The quantitative estimate of drug-likeness (QED) is 0.865. The van der Waals surface area contributed by atoms with Gasteiger partial charge in [-0.3, -0.25) is 9.59 Å². The summed E-state index contributed by atoms with van der Waals surface area (Å²) < 4.78 is 0. The number of carboxylic acids is 1. The Morgan fingerprint density at radius 3 is 2.45 bits per heavy atom. The van der Waals surface area contributed by atoms with Gasteiger partial charge in [-0.15, -0.1) is 0 Å². The molecule has 1 N–H and O–H groups in total. The van der Waals surface area contributed by atoms with Crippen LogP contribution in [-0.4, -0.2) is 35.0 Å². The van der Waals surface area contributed by atoms with Gasteiger partial charge in [-0.05, 0) is 37.0 Å². The molecule has 1 unspecified atom stereocenters. The van der Waals surface area contributed by atoms with Crippen molar-refractivity contribution >= 4 is 11.9 Å². The second kappa shape index (κ2) is 5.74. The molecule has 1 saturated heterocycles. The van der Waals surface area contributed by atoms with Crippen molar-refractivity contribution in [3.05, 3.63) is 0 Å². The Bertz CT molecular complexity index is 391. The van der Waals surface area contributed by atoms with Crippen molar-refractivity contribution in [3.63, 3.8) is 0 Å². The van der Waals surface area contributed by atoms with Crippen molar-refractivity contribution in [2.24, 2.45) is 23.2 Å². The van der Waals surface area contributed by atoms with Crippen LogP contribution < -0.4 is 0 Å². The van der Waals surface area contributed by atoms with Gasteiger partial charge in [0.15, 0.2) is 0 Å². The summed E-state index contributed by atoms with van der Waals surface area (Å²) >= 11 is 0. The lowest BCUT2D eigenvalue weighted by atomic mass is 9.83.